The van der Waals surface area contributed by atoms with Gasteiger partial charge in [0, 0.05) is 24.4 Å². The van der Waals surface area contributed by atoms with Crippen LogP contribution < -0.4 is 5.32 Å². The molecule has 0 radical (unpaired) electrons. The second-order valence-corrected chi connectivity index (χ2v) is 7.32. The molecule has 6 heteroatoms. The molecule has 2 N–H and O–H groups in total. The first-order valence-corrected chi connectivity index (χ1v) is 9.75. The molecule has 1 aliphatic carbocycles. The molecule has 144 valence electrons. The molecular formula is C22H23FN4O. The molecule has 1 aliphatic rings. The van der Waals surface area contributed by atoms with Crippen LogP contribution in [-0.4, -0.2) is 21.1 Å². The highest BCUT2D eigenvalue weighted by atomic mass is 19.1. The van der Waals surface area contributed by atoms with Crippen LogP contribution in [0.5, 0.6) is 0 Å². The van der Waals surface area contributed by atoms with Gasteiger partial charge >= 0.3 is 0 Å². The van der Waals surface area contributed by atoms with Crippen LogP contribution in [0.1, 0.15) is 38.5 Å². The molecule has 4 rings (SSSR count). The third-order valence-electron chi connectivity index (χ3n) is 5.32. The summed E-state index contributed by atoms with van der Waals surface area (Å²) >= 11 is 0. The summed E-state index contributed by atoms with van der Waals surface area (Å²) in [4.78, 5) is 16.7. The van der Waals surface area contributed by atoms with Gasteiger partial charge in [-0.1, -0.05) is 19.3 Å². The molecule has 1 aromatic carbocycles. The summed E-state index contributed by atoms with van der Waals surface area (Å²) in [5.74, 6) is 0.633. The van der Waals surface area contributed by atoms with Crippen molar-refractivity contribution in [2.75, 3.05) is 5.32 Å². The third-order valence-corrected chi connectivity index (χ3v) is 5.32. The standard InChI is InChI=1S/C22H23FN4O/c23-18-8-6-17(7-9-18)21-20(16-10-12-24-13-11-16)22(27-26-21)25-19(28)14-15-4-2-1-3-5-15/h6-13,15H,1-5,14H2,(H2,25,26,27,28). The Kier molecular flexibility index (Phi) is 5.46. The van der Waals surface area contributed by atoms with Crippen LogP contribution in [0.4, 0.5) is 10.2 Å². The molecule has 2 heterocycles. The van der Waals surface area contributed by atoms with Crippen molar-refractivity contribution in [3.05, 3.63) is 54.6 Å². The van der Waals surface area contributed by atoms with Crippen molar-refractivity contribution in [1.29, 1.82) is 0 Å². The maximum Gasteiger partial charge on any atom is 0.225 e. The summed E-state index contributed by atoms with van der Waals surface area (Å²) in [6.07, 6.45) is 9.83. The number of halogens is 1. The lowest BCUT2D eigenvalue weighted by molar-refractivity contribution is -0.117. The number of anilines is 1. The largest absolute Gasteiger partial charge is 0.309 e. The number of hydrogen-bond acceptors (Lipinski definition) is 3. The number of benzene rings is 1. The average Bonchev–Trinajstić information content (AvgIpc) is 3.13. The highest BCUT2D eigenvalue weighted by molar-refractivity contribution is 5.97. The van der Waals surface area contributed by atoms with E-state index in [1.165, 1.54) is 31.4 Å². The fourth-order valence-electron chi connectivity index (χ4n) is 3.89. The molecule has 2 aromatic heterocycles. The lowest BCUT2D eigenvalue weighted by Gasteiger charge is -2.20. The van der Waals surface area contributed by atoms with E-state index in [2.05, 4.69) is 20.5 Å². The summed E-state index contributed by atoms with van der Waals surface area (Å²) in [5.41, 5.74) is 3.20. The zero-order valence-electron chi connectivity index (χ0n) is 15.6. The van der Waals surface area contributed by atoms with Gasteiger partial charge in [-0.3, -0.25) is 14.9 Å². The molecule has 28 heavy (non-hydrogen) atoms. The Hall–Kier alpha value is -3.02. The van der Waals surface area contributed by atoms with Gasteiger partial charge in [0.05, 0.1) is 11.3 Å². The van der Waals surface area contributed by atoms with Gasteiger partial charge in [0.25, 0.3) is 0 Å². The smallest absolute Gasteiger partial charge is 0.225 e. The summed E-state index contributed by atoms with van der Waals surface area (Å²) in [6.45, 7) is 0. The van der Waals surface area contributed by atoms with Gasteiger partial charge < -0.3 is 5.32 Å². The topological polar surface area (TPSA) is 70.7 Å². The highest BCUT2D eigenvalue weighted by Gasteiger charge is 2.21. The number of nitrogens with one attached hydrogen (secondary N) is 2. The number of rotatable bonds is 5. The fraction of sp³-hybridized carbons (Fsp3) is 0.318. The Morgan fingerprint density at radius 2 is 1.75 bits per heavy atom. The maximum absolute atomic E-state index is 13.3. The van der Waals surface area contributed by atoms with E-state index in [-0.39, 0.29) is 11.7 Å². The summed E-state index contributed by atoms with van der Waals surface area (Å²) in [5, 5.41) is 10.3. The highest BCUT2D eigenvalue weighted by Crippen LogP contribution is 2.36. The van der Waals surface area contributed by atoms with Crippen LogP contribution in [0.3, 0.4) is 0 Å². The Morgan fingerprint density at radius 1 is 1.04 bits per heavy atom. The number of carbonyl (C=O) groups is 1. The van der Waals surface area contributed by atoms with E-state index in [4.69, 9.17) is 0 Å². The first-order chi connectivity index (χ1) is 13.7. The summed E-state index contributed by atoms with van der Waals surface area (Å²) < 4.78 is 13.3. The van der Waals surface area contributed by atoms with Crippen molar-refractivity contribution >= 4 is 11.7 Å². The van der Waals surface area contributed by atoms with Gasteiger partial charge in [-0.15, -0.1) is 0 Å². The SMILES string of the molecule is O=C(CC1CCCCC1)Nc1n[nH]c(-c2ccc(F)cc2)c1-c1ccncc1. The van der Waals surface area contributed by atoms with Gasteiger partial charge in [-0.25, -0.2) is 4.39 Å². The predicted molar refractivity (Wildman–Crippen MR) is 107 cm³/mol. The zero-order valence-corrected chi connectivity index (χ0v) is 15.6. The van der Waals surface area contributed by atoms with Crippen LogP contribution >= 0.6 is 0 Å². The Morgan fingerprint density at radius 3 is 2.46 bits per heavy atom. The molecule has 1 amide bonds. The van der Waals surface area contributed by atoms with Gasteiger partial charge in [-0.05, 0) is 60.7 Å². The summed E-state index contributed by atoms with van der Waals surface area (Å²) in [6, 6.07) is 9.95. The fourth-order valence-corrected chi connectivity index (χ4v) is 3.89. The zero-order chi connectivity index (χ0) is 19.3. The van der Waals surface area contributed by atoms with Crippen molar-refractivity contribution in [2.24, 2.45) is 5.92 Å². The molecular weight excluding hydrogens is 355 g/mol. The number of amides is 1. The Labute approximate surface area is 163 Å². The number of pyridine rings is 1. The molecule has 5 nitrogen and oxygen atoms in total. The number of aromatic amines is 1. The van der Waals surface area contributed by atoms with Crippen molar-refractivity contribution < 1.29 is 9.18 Å². The molecule has 0 spiro atoms. The van der Waals surface area contributed by atoms with E-state index in [1.807, 2.05) is 12.1 Å². The minimum Gasteiger partial charge on any atom is -0.309 e. The van der Waals surface area contributed by atoms with Gasteiger partial charge in [0.15, 0.2) is 5.82 Å². The monoisotopic (exact) mass is 378 g/mol. The molecule has 0 atom stereocenters. The molecule has 0 bridgehead atoms. The molecule has 0 saturated heterocycles. The van der Waals surface area contributed by atoms with Crippen LogP contribution in [0, 0.1) is 11.7 Å². The van der Waals surface area contributed by atoms with E-state index in [1.54, 1.807) is 24.5 Å². The van der Waals surface area contributed by atoms with Gasteiger partial charge in [0.1, 0.15) is 5.82 Å². The summed E-state index contributed by atoms with van der Waals surface area (Å²) in [7, 11) is 0. The number of nitrogens with zero attached hydrogens (tertiary/aromatic N) is 2. The lowest BCUT2D eigenvalue weighted by Crippen LogP contribution is -2.18. The predicted octanol–water partition coefficient (Wildman–Crippen LogP) is 5.19. The van der Waals surface area contributed by atoms with Crippen molar-refractivity contribution in [3.63, 3.8) is 0 Å². The van der Waals surface area contributed by atoms with Crippen LogP contribution in [-0.2, 0) is 4.79 Å². The van der Waals surface area contributed by atoms with E-state index in [0.29, 0.717) is 18.2 Å². The first-order valence-electron chi connectivity index (χ1n) is 9.75. The molecule has 3 aromatic rings. The number of H-pyrrole nitrogens is 1. The van der Waals surface area contributed by atoms with E-state index in [0.717, 1.165) is 35.2 Å². The van der Waals surface area contributed by atoms with Gasteiger partial charge in [-0.2, -0.15) is 5.10 Å². The normalized spacial score (nSPS) is 14.8. The van der Waals surface area contributed by atoms with Crippen LogP contribution in [0.25, 0.3) is 22.4 Å². The van der Waals surface area contributed by atoms with Crippen molar-refractivity contribution in [3.8, 4) is 22.4 Å². The van der Waals surface area contributed by atoms with E-state index >= 15 is 0 Å². The second-order valence-electron chi connectivity index (χ2n) is 7.32. The number of hydrogen-bond donors (Lipinski definition) is 2. The van der Waals surface area contributed by atoms with Gasteiger partial charge in [0.2, 0.25) is 5.91 Å². The number of carbonyl (C=O) groups excluding carboxylic acids is 1. The first kappa shape index (κ1) is 18.3. The molecule has 1 saturated carbocycles. The Bertz CT molecular complexity index is 931. The third kappa shape index (κ3) is 4.11. The van der Waals surface area contributed by atoms with Crippen molar-refractivity contribution in [2.45, 2.75) is 38.5 Å². The maximum atomic E-state index is 13.3. The minimum absolute atomic E-state index is 0.0145. The van der Waals surface area contributed by atoms with E-state index in [9.17, 15) is 9.18 Å². The molecule has 0 aliphatic heterocycles. The van der Waals surface area contributed by atoms with Crippen LogP contribution in [0.2, 0.25) is 0 Å². The number of aromatic nitrogens is 3. The van der Waals surface area contributed by atoms with E-state index < -0.39 is 0 Å². The minimum atomic E-state index is -0.297. The lowest BCUT2D eigenvalue weighted by atomic mass is 9.87. The quantitative estimate of drug-likeness (QED) is 0.642. The molecule has 1 fully saturated rings. The molecule has 0 unspecified atom stereocenters. The average molecular weight is 378 g/mol. The van der Waals surface area contributed by atoms with Crippen molar-refractivity contribution in [1.82, 2.24) is 15.2 Å². The Balaban J connectivity index is 1.63. The van der Waals surface area contributed by atoms with Crippen LogP contribution in [0.15, 0.2) is 48.8 Å². The second kappa shape index (κ2) is 8.33.